The van der Waals surface area contributed by atoms with Crippen molar-refractivity contribution in [1.82, 2.24) is 9.97 Å². The van der Waals surface area contributed by atoms with Crippen LogP contribution in [0, 0.1) is 52.3 Å². The van der Waals surface area contributed by atoms with E-state index in [1.54, 1.807) is 6.33 Å². The molecule has 4 rings (SSSR count). The summed E-state index contributed by atoms with van der Waals surface area (Å²) < 4.78 is 0. The molecule has 8 atom stereocenters. The predicted molar refractivity (Wildman–Crippen MR) is 136 cm³/mol. The van der Waals surface area contributed by atoms with E-state index in [1.807, 2.05) is 6.20 Å². The first kappa shape index (κ1) is 25.1. The molecule has 0 amide bonds. The van der Waals surface area contributed by atoms with Crippen molar-refractivity contribution in [2.24, 2.45) is 58.0 Å². The van der Waals surface area contributed by atoms with E-state index in [-0.39, 0.29) is 17.9 Å². The fourth-order valence-corrected chi connectivity index (χ4v) is 8.90. The SMILES string of the molecule is CC(C)CCC[C@@H](C)[C@H]1CC[C@H]2[C@H](CN)[C@@H]([C@@]3(C)Cc4cncnc4C[C@@H]3CO)CC[C@]12C. The van der Waals surface area contributed by atoms with E-state index in [0.717, 1.165) is 48.8 Å². The number of hydrogen-bond donors (Lipinski definition) is 2. The molecule has 2 saturated carbocycles. The maximum Gasteiger partial charge on any atom is 0.115 e. The summed E-state index contributed by atoms with van der Waals surface area (Å²) in [5.41, 5.74) is 9.53. The Kier molecular flexibility index (Phi) is 7.56. The summed E-state index contributed by atoms with van der Waals surface area (Å²) in [6.45, 7) is 13.3. The third-order valence-corrected chi connectivity index (χ3v) is 10.8. The van der Waals surface area contributed by atoms with Gasteiger partial charge in [-0.15, -0.1) is 0 Å². The Morgan fingerprint density at radius 1 is 1.09 bits per heavy atom. The van der Waals surface area contributed by atoms with Gasteiger partial charge in [0.15, 0.2) is 0 Å². The van der Waals surface area contributed by atoms with Crippen LogP contribution in [-0.4, -0.2) is 28.2 Å². The first-order chi connectivity index (χ1) is 15.7. The summed E-state index contributed by atoms with van der Waals surface area (Å²) in [5, 5.41) is 10.4. The number of rotatable bonds is 8. The molecular weight excluding hydrogens is 406 g/mol. The third-order valence-electron chi connectivity index (χ3n) is 10.8. The van der Waals surface area contributed by atoms with Gasteiger partial charge in [0.05, 0.1) is 0 Å². The number of hydrogen-bond acceptors (Lipinski definition) is 4. The molecule has 0 aliphatic heterocycles. The van der Waals surface area contributed by atoms with Crippen LogP contribution in [0.25, 0.3) is 0 Å². The van der Waals surface area contributed by atoms with E-state index < -0.39 is 0 Å². The number of aliphatic hydroxyl groups is 1. The molecule has 3 aliphatic rings. The van der Waals surface area contributed by atoms with Gasteiger partial charge in [0.1, 0.15) is 6.33 Å². The molecule has 4 nitrogen and oxygen atoms in total. The van der Waals surface area contributed by atoms with Crippen LogP contribution in [0.2, 0.25) is 0 Å². The third kappa shape index (κ3) is 4.51. The van der Waals surface area contributed by atoms with Gasteiger partial charge in [0, 0.05) is 18.5 Å². The van der Waals surface area contributed by atoms with E-state index in [9.17, 15) is 5.11 Å². The normalized spacial score (nSPS) is 39.3. The van der Waals surface area contributed by atoms with Crippen molar-refractivity contribution < 1.29 is 5.11 Å². The van der Waals surface area contributed by atoms with Crippen molar-refractivity contribution in [3.05, 3.63) is 23.8 Å². The molecule has 2 fully saturated rings. The predicted octanol–water partition coefficient (Wildman–Crippen LogP) is 5.67. The Hall–Kier alpha value is -1.00. The highest BCUT2D eigenvalue weighted by Gasteiger charge is 2.58. The zero-order valence-corrected chi connectivity index (χ0v) is 21.9. The molecule has 0 bridgehead atoms. The van der Waals surface area contributed by atoms with Gasteiger partial charge in [0.2, 0.25) is 0 Å². The summed E-state index contributed by atoms with van der Waals surface area (Å²) in [6.07, 6.45) is 14.9. The fourth-order valence-electron chi connectivity index (χ4n) is 8.90. The Balaban J connectivity index is 1.55. The Morgan fingerprint density at radius 3 is 2.55 bits per heavy atom. The van der Waals surface area contributed by atoms with Crippen LogP contribution < -0.4 is 5.73 Å². The quantitative estimate of drug-likeness (QED) is 0.530. The number of nitrogens with two attached hydrogens (primary N) is 1. The largest absolute Gasteiger partial charge is 0.396 e. The molecule has 0 unspecified atom stereocenters. The average Bonchev–Trinajstić information content (AvgIpc) is 3.14. The molecule has 1 heterocycles. The lowest BCUT2D eigenvalue weighted by Gasteiger charge is -2.57. The van der Waals surface area contributed by atoms with Crippen molar-refractivity contribution in [2.45, 2.75) is 92.4 Å². The molecule has 1 aromatic heterocycles. The van der Waals surface area contributed by atoms with E-state index in [4.69, 9.17) is 5.73 Å². The Bertz CT molecular complexity index is 797. The van der Waals surface area contributed by atoms with Crippen LogP contribution in [0.1, 0.15) is 90.8 Å². The first-order valence-electron chi connectivity index (χ1n) is 13.8. The van der Waals surface area contributed by atoms with Gasteiger partial charge in [-0.05, 0) is 103 Å². The van der Waals surface area contributed by atoms with Crippen LogP contribution in [0.5, 0.6) is 0 Å². The molecule has 1 aromatic rings. The highest BCUT2D eigenvalue weighted by atomic mass is 16.3. The second-order valence-corrected chi connectivity index (χ2v) is 12.9. The van der Waals surface area contributed by atoms with E-state index in [1.165, 1.54) is 50.5 Å². The highest BCUT2D eigenvalue weighted by Crippen LogP contribution is 2.64. The van der Waals surface area contributed by atoms with Crippen LogP contribution in [0.15, 0.2) is 12.5 Å². The van der Waals surface area contributed by atoms with Gasteiger partial charge < -0.3 is 10.8 Å². The number of nitrogens with zero attached hydrogens (tertiary/aromatic N) is 2. The van der Waals surface area contributed by atoms with E-state index >= 15 is 0 Å². The van der Waals surface area contributed by atoms with Gasteiger partial charge in [-0.2, -0.15) is 0 Å². The fraction of sp³-hybridized carbons (Fsp3) is 0.862. The molecule has 33 heavy (non-hydrogen) atoms. The molecule has 3 N–H and O–H groups in total. The molecule has 0 spiro atoms. The van der Waals surface area contributed by atoms with Gasteiger partial charge >= 0.3 is 0 Å². The van der Waals surface area contributed by atoms with Crippen molar-refractivity contribution >= 4 is 0 Å². The first-order valence-corrected chi connectivity index (χ1v) is 13.8. The van der Waals surface area contributed by atoms with Crippen LogP contribution in [0.4, 0.5) is 0 Å². The van der Waals surface area contributed by atoms with Crippen molar-refractivity contribution in [3.8, 4) is 0 Å². The molecule has 186 valence electrons. The lowest BCUT2D eigenvalue weighted by molar-refractivity contribution is -0.0763. The summed E-state index contributed by atoms with van der Waals surface area (Å²) in [5.74, 6) is 4.58. The maximum absolute atomic E-state index is 10.4. The minimum atomic E-state index is 0.0683. The average molecular weight is 456 g/mol. The Morgan fingerprint density at radius 2 is 1.85 bits per heavy atom. The topological polar surface area (TPSA) is 72.0 Å². The molecule has 0 aromatic carbocycles. The number of aromatic nitrogens is 2. The van der Waals surface area contributed by atoms with Gasteiger partial charge in [-0.3, -0.25) is 0 Å². The summed E-state index contributed by atoms with van der Waals surface area (Å²) in [6, 6.07) is 0. The van der Waals surface area contributed by atoms with Gasteiger partial charge in [-0.25, -0.2) is 9.97 Å². The summed E-state index contributed by atoms with van der Waals surface area (Å²) >= 11 is 0. The molecule has 4 heteroatoms. The maximum atomic E-state index is 10.4. The second-order valence-electron chi connectivity index (χ2n) is 12.9. The number of aliphatic hydroxyl groups excluding tert-OH is 1. The molecule has 0 saturated heterocycles. The standard InChI is InChI=1S/C29H49N3O/c1-19(2)7-6-8-20(3)24-9-10-25-23(15-30)26(11-12-28(24,25)4)29(5)14-21-16-31-18-32-27(21)13-22(29)17-33/h16,18-20,22-26,33H,6-15,17,30H2,1-5H3/t20-,22-,23+,24-,25+,26+,28-,29+/m1/s1. The van der Waals surface area contributed by atoms with Crippen LogP contribution in [-0.2, 0) is 12.8 Å². The van der Waals surface area contributed by atoms with Crippen molar-refractivity contribution in [3.63, 3.8) is 0 Å². The minimum absolute atomic E-state index is 0.0683. The van der Waals surface area contributed by atoms with Crippen molar-refractivity contribution in [2.75, 3.05) is 13.2 Å². The smallest absolute Gasteiger partial charge is 0.115 e. The minimum Gasteiger partial charge on any atom is -0.396 e. The van der Waals surface area contributed by atoms with Gasteiger partial charge in [0.25, 0.3) is 0 Å². The van der Waals surface area contributed by atoms with E-state index in [2.05, 4.69) is 44.6 Å². The number of fused-ring (bicyclic) bond motifs is 2. The van der Waals surface area contributed by atoms with Crippen LogP contribution >= 0.6 is 0 Å². The zero-order valence-electron chi connectivity index (χ0n) is 21.9. The lowest BCUT2D eigenvalue weighted by Crippen LogP contribution is -2.54. The van der Waals surface area contributed by atoms with Crippen molar-refractivity contribution in [1.29, 1.82) is 0 Å². The summed E-state index contributed by atoms with van der Waals surface area (Å²) in [7, 11) is 0. The molecule has 3 aliphatic carbocycles. The molecular formula is C29H49N3O. The summed E-state index contributed by atoms with van der Waals surface area (Å²) in [4.78, 5) is 8.88. The lowest BCUT2D eigenvalue weighted by atomic mass is 9.48. The Labute approximate surface area is 202 Å². The van der Waals surface area contributed by atoms with Crippen LogP contribution in [0.3, 0.4) is 0 Å². The highest BCUT2D eigenvalue weighted by molar-refractivity contribution is 5.24. The van der Waals surface area contributed by atoms with Gasteiger partial charge in [-0.1, -0.05) is 53.9 Å². The monoisotopic (exact) mass is 455 g/mol. The second kappa shape index (κ2) is 9.93. The molecule has 0 radical (unpaired) electrons. The zero-order chi connectivity index (χ0) is 23.8. The van der Waals surface area contributed by atoms with E-state index in [0.29, 0.717) is 17.3 Å².